The Labute approximate surface area is 230 Å². The lowest BCUT2D eigenvalue weighted by atomic mass is 10.0. The second-order valence-corrected chi connectivity index (χ2v) is 9.94. The fraction of sp³-hybridized carbons (Fsp3) is 0.207. The summed E-state index contributed by atoms with van der Waals surface area (Å²) in [6.07, 6.45) is -0.949. The molecule has 4 aromatic rings. The number of carbonyl (C=O) groups excluding carboxylic acids is 1. The first-order chi connectivity index (χ1) is 19.0. The van der Waals surface area contributed by atoms with Gasteiger partial charge in [-0.1, -0.05) is 60.5 Å². The average molecular weight is 546 g/mol. The van der Waals surface area contributed by atoms with Crippen LogP contribution in [0.25, 0.3) is 11.1 Å². The highest BCUT2D eigenvalue weighted by Gasteiger charge is 2.24. The van der Waals surface area contributed by atoms with Crippen LogP contribution < -0.4 is 9.62 Å². The third-order valence-corrected chi connectivity index (χ3v) is 7.38. The number of aliphatic hydroxyl groups excluding tert-OH is 1. The average Bonchev–Trinajstić information content (AvgIpc) is 2.98. The first kappa shape index (κ1) is 26.6. The second kappa shape index (κ2) is 12.2. The van der Waals surface area contributed by atoms with Gasteiger partial charge in [0.05, 0.1) is 0 Å². The molecule has 0 radical (unpaired) electrons. The molecule has 1 fully saturated rings. The van der Waals surface area contributed by atoms with Gasteiger partial charge >= 0.3 is 0 Å². The number of nitrogens with one attached hydrogen (secondary N) is 1. The van der Waals surface area contributed by atoms with Crippen LogP contribution in [0.5, 0.6) is 5.75 Å². The molecule has 39 heavy (non-hydrogen) atoms. The van der Waals surface area contributed by atoms with Gasteiger partial charge in [-0.05, 0) is 47.5 Å². The van der Waals surface area contributed by atoms with Gasteiger partial charge in [0, 0.05) is 43.1 Å². The maximum atomic E-state index is 14.8. The van der Waals surface area contributed by atoms with Crippen molar-refractivity contribution in [1.82, 2.24) is 19.8 Å². The minimum Gasteiger partial charge on any atom is -0.508 e. The van der Waals surface area contributed by atoms with Crippen LogP contribution in [0, 0.1) is 5.82 Å². The van der Waals surface area contributed by atoms with E-state index in [0.29, 0.717) is 60.1 Å². The van der Waals surface area contributed by atoms with Crippen LogP contribution in [0.3, 0.4) is 0 Å². The first-order valence-electron chi connectivity index (χ1n) is 12.5. The number of anilines is 1. The Bertz CT molecular complexity index is 1400. The van der Waals surface area contributed by atoms with Crippen LogP contribution in [0.4, 0.5) is 10.2 Å². The third-order valence-electron chi connectivity index (χ3n) is 6.51. The molecule has 1 aliphatic heterocycles. The number of halogens is 1. The number of phenolic OH excluding ortho intramolecular Hbond substituents is 1. The van der Waals surface area contributed by atoms with E-state index in [1.165, 1.54) is 30.1 Å². The molecular weight excluding hydrogens is 517 g/mol. The Hall–Kier alpha value is -3.99. The number of carbonyl (C=O) groups is 1. The lowest BCUT2D eigenvalue weighted by Gasteiger charge is -2.35. The minimum atomic E-state index is -0.949. The molecule has 0 spiro atoms. The number of aromatic hydroxyl groups is 1. The summed E-state index contributed by atoms with van der Waals surface area (Å²) < 4.78 is 17.8. The number of hydrogen-bond donors (Lipinski definition) is 3. The topological polar surface area (TPSA) is 102 Å². The van der Waals surface area contributed by atoms with Gasteiger partial charge < -0.3 is 20.0 Å². The lowest BCUT2D eigenvalue weighted by Crippen LogP contribution is -2.49. The molecule has 5 rings (SSSR count). The fourth-order valence-corrected chi connectivity index (χ4v) is 5.05. The molecule has 3 aromatic carbocycles. The smallest absolute Gasteiger partial charge is 0.254 e. The van der Waals surface area contributed by atoms with Crippen LogP contribution in [-0.2, 0) is 5.75 Å². The molecular formula is C29H28FN5O3S. The molecule has 1 aliphatic rings. The number of piperazine rings is 1. The van der Waals surface area contributed by atoms with Gasteiger partial charge in [-0.15, -0.1) is 10.2 Å². The number of aliphatic hydroxyl groups is 1. The summed E-state index contributed by atoms with van der Waals surface area (Å²) in [4.78, 5) is 16.8. The van der Waals surface area contributed by atoms with Gasteiger partial charge in [-0.2, -0.15) is 0 Å². The number of amides is 1. The van der Waals surface area contributed by atoms with Gasteiger partial charge in [-0.3, -0.25) is 4.79 Å². The molecule has 8 nitrogen and oxygen atoms in total. The van der Waals surface area contributed by atoms with E-state index < -0.39 is 12.0 Å². The summed E-state index contributed by atoms with van der Waals surface area (Å²) in [5.41, 5.74) is 2.86. The Morgan fingerprint density at radius 1 is 0.949 bits per heavy atom. The standard InChI is InChI=1S/C29H28FN5O3S/c30-25-18-22(8-11-24(25)21-6-9-23(36)10-7-21)29(38)35-16-14-34(15-17-35)27-13-12-26(31-32-27)28(37)33-39-19-20-4-2-1-3-5-20/h1-13,18,28,33,36-37H,14-17,19H2. The number of nitrogens with zero attached hydrogens (tertiary/aromatic N) is 4. The van der Waals surface area contributed by atoms with Crippen molar-refractivity contribution in [2.45, 2.75) is 12.0 Å². The van der Waals surface area contributed by atoms with E-state index in [1.54, 1.807) is 35.2 Å². The van der Waals surface area contributed by atoms with Crippen molar-refractivity contribution in [3.63, 3.8) is 0 Å². The largest absolute Gasteiger partial charge is 0.508 e. The predicted molar refractivity (Wildman–Crippen MR) is 149 cm³/mol. The summed E-state index contributed by atoms with van der Waals surface area (Å²) in [6, 6.07) is 24.2. The van der Waals surface area contributed by atoms with E-state index in [-0.39, 0.29) is 11.7 Å². The number of aromatic nitrogens is 2. The summed E-state index contributed by atoms with van der Waals surface area (Å²) in [5.74, 6) is 0.765. The highest BCUT2D eigenvalue weighted by molar-refractivity contribution is 7.96. The number of hydrogen-bond acceptors (Lipinski definition) is 8. The van der Waals surface area contributed by atoms with E-state index in [2.05, 4.69) is 14.9 Å². The second-order valence-electron chi connectivity index (χ2n) is 9.13. The molecule has 0 saturated carbocycles. The summed E-state index contributed by atoms with van der Waals surface area (Å²) in [7, 11) is 0. The van der Waals surface area contributed by atoms with Gasteiger partial charge in [-0.25, -0.2) is 9.11 Å². The quantitative estimate of drug-likeness (QED) is 0.222. The molecule has 0 aliphatic carbocycles. The van der Waals surface area contributed by atoms with Crippen molar-refractivity contribution in [3.8, 4) is 16.9 Å². The van der Waals surface area contributed by atoms with Gasteiger partial charge in [0.25, 0.3) is 5.91 Å². The normalized spacial score (nSPS) is 14.3. The van der Waals surface area contributed by atoms with Crippen molar-refractivity contribution >= 4 is 23.7 Å². The maximum absolute atomic E-state index is 14.8. The molecule has 1 unspecified atom stereocenters. The van der Waals surface area contributed by atoms with Gasteiger partial charge in [0.15, 0.2) is 12.0 Å². The molecule has 3 N–H and O–H groups in total. The zero-order valence-electron chi connectivity index (χ0n) is 21.1. The number of benzene rings is 3. The molecule has 200 valence electrons. The lowest BCUT2D eigenvalue weighted by molar-refractivity contribution is 0.0746. The predicted octanol–water partition coefficient (Wildman–Crippen LogP) is 4.38. The van der Waals surface area contributed by atoms with Crippen molar-refractivity contribution in [2.24, 2.45) is 0 Å². The van der Waals surface area contributed by atoms with Crippen LogP contribution in [0.15, 0.2) is 84.9 Å². The zero-order chi connectivity index (χ0) is 27.2. The van der Waals surface area contributed by atoms with E-state index >= 15 is 0 Å². The van der Waals surface area contributed by atoms with Crippen molar-refractivity contribution < 1.29 is 19.4 Å². The van der Waals surface area contributed by atoms with E-state index in [1.807, 2.05) is 41.3 Å². The molecule has 1 aromatic heterocycles. The van der Waals surface area contributed by atoms with E-state index in [9.17, 15) is 19.4 Å². The first-order valence-corrected chi connectivity index (χ1v) is 13.5. The van der Waals surface area contributed by atoms with Crippen molar-refractivity contribution in [3.05, 3.63) is 108 Å². The van der Waals surface area contributed by atoms with Gasteiger partial charge in [0.1, 0.15) is 17.3 Å². The summed E-state index contributed by atoms with van der Waals surface area (Å²) in [5, 5.41) is 28.3. The van der Waals surface area contributed by atoms with Crippen LogP contribution >= 0.6 is 11.9 Å². The Balaban J connectivity index is 1.13. The van der Waals surface area contributed by atoms with Crippen LogP contribution in [-0.4, -0.2) is 57.4 Å². The molecule has 2 heterocycles. The van der Waals surface area contributed by atoms with Crippen LogP contribution in [0.2, 0.25) is 0 Å². The molecule has 1 amide bonds. The molecule has 1 atom stereocenters. The molecule has 0 bridgehead atoms. The summed E-state index contributed by atoms with van der Waals surface area (Å²) >= 11 is 1.40. The number of phenols is 1. The fourth-order valence-electron chi connectivity index (χ4n) is 4.33. The summed E-state index contributed by atoms with van der Waals surface area (Å²) in [6.45, 7) is 2.04. The molecule has 1 saturated heterocycles. The minimum absolute atomic E-state index is 0.107. The SMILES string of the molecule is O=C(c1ccc(-c2ccc(O)cc2)c(F)c1)N1CCN(c2ccc(C(O)NSCc3ccccc3)nn2)CC1. The van der Waals surface area contributed by atoms with E-state index in [4.69, 9.17) is 0 Å². The number of rotatable bonds is 8. The van der Waals surface area contributed by atoms with Gasteiger partial charge in [0.2, 0.25) is 0 Å². The maximum Gasteiger partial charge on any atom is 0.254 e. The van der Waals surface area contributed by atoms with E-state index in [0.717, 1.165) is 5.56 Å². The van der Waals surface area contributed by atoms with Crippen molar-refractivity contribution in [2.75, 3.05) is 31.1 Å². The highest BCUT2D eigenvalue weighted by Crippen LogP contribution is 2.26. The van der Waals surface area contributed by atoms with Crippen LogP contribution in [0.1, 0.15) is 27.8 Å². The molecule has 10 heteroatoms. The third kappa shape index (κ3) is 6.54. The zero-order valence-corrected chi connectivity index (χ0v) is 21.9. The Morgan fingerprint density at radius 2 is 1.69 bits per heavy atom. The monoisotopic (exact) mass is 545 g/mol. The van der Waals surface area contributed by atoms with Crippen molar-refractivity contribution in [1.29, 1.82) is 0 Å². The highest BCUT2D eigenvalue weighted by atomic mass is 32.2. The Morgan fingerprint density at radius 3 is 2.36 bits per heavy atom. The Kier molecular flexibility index (Phi) is 8.36.